The van der Waals surface area contributed by atoms with Crippen molar-refractivity contribution in [3.05, 3.63) is 71.8 Å². The summed E-state index contributed by atoms with van der Waals surface area (Å²) >= 11 is 0. The SMILES string of the molecule is CC(C)C(=O)N[C@H](Cc1ccccc1)C(=O)OCc1ccccc1. The van der Waals surface area contributed by atoms with E-state index in [1.165, 1.54) is 0 Å². The van der Waals surface area contributed by atoms with Crippen molar-refractivity contribution in [3.8, 4) is 0 Å². The van der Waals surface area contributed by atoms with E-state index in [2.05, 4.69) is 5.32 Å². The van der Waals surface area contributed by atoms with E-state index in [1.807, 2.05) is 60.7 Å². The predicted molar refractivity (Wildman–Crippen MR) is 93.2 cm³/mol. The van der Waals surface area contributed by atoms with Gasteiger partial charge in [0.05, 0.1) is 0 Å². The molecular formula is C20H23NO3. The molecule has 126 valence electrons. The Balaban J connectivity index is 2.03. The van der Waals surface area contributed by atoms with Crippen molar-refractivity contribution in [2.45, 2.75) is 32.9 Å². The minimum absolute atomic E-state index is 0.160. The highest BCUT2D eigenvalue weighted by Crippen LogP contribution is 2.08. The Hall–Kier alpha value is -2.62. The molecule has 0 aromatic heterocycles. The number of amides is 1. The number of rotatable bonds is 7. The van der Waals surface area contributed by atoms with Crippen molar-refractivity contribution >= 4 is 11.9 Å². The Kier molecular flexibility index (Phi) is 6.55. The summed E-state index contributed by atoms with van der Waals surface area (Å²) in [5, 5.41) is 2.79. The topological polar surface area (TPSA) is 55.4 Å². The number of carbonyl (C=O) groups is 2. The molecule has 2 rings (SSSR count). The summed E-state index contributed by atoms with van der Waals surface area (Å²) in [4.78, 5) is 24.4. The van der Waals surface area contributed by atoms with Gasteiger partial charge in [-0.1, -0.05) is 74.5 Å². The first-order valence-electron chi connectivity index (χ1n) is 8.11. The zero-order valence-electron chi connectivity index (χ0n) is 14.1. The predicted octanol–water partition coefficient (Wildman–Crippen LogP) is 3.11. The Morgan fingerprint density at radius 2 is 1.46 bits per heavy atom. The summed E-state index contributed by atoms with van der Waals surface area (Å²) in [6.07, 6.45) is 0.410. The molecule has 24 heavy (non-hydrogen) atoms. The van der Waals surface area contributed by atoms with Crippen molar-refractivity contribution in [1.29, 1.82) is 0 Å². The third-order valence-electron chi connectivity index (χ3n) is 3.63. The second-order valence-electron chi connectivity index (χ2n) is 6.00. The van der Waals surface area contributed by atoms with E-state index in [0.29, 0.717) is 6.42 Å². The molecule has 0 radical (unpaired) electrons. The van der Waals surface area contributed by atoms with Gasteiger partial charge in [-0.25, -0.2) is 4.79 Å². The van der Waals surface area contributed by atoms with Crippen molar-refractivity contribution in [1.82, 2.24) is 5.32 Å². The molecule has 1 N–H and O–H groups in total. The summed E-state index contributed by atoms with van der Waals surface area (Å²) in [6.45, 7) is 3.79. The molecule has 0 aliphatic carbocycles. The first-order valence-corrected chi connectivity index (χ1v) is 8.11. The van der Waals surface area contributed by atoms with E-state index >= 15 is 0 Å². The fourth-order valence-corrected chi connectivity index (χ4v) is 2.21. The van der Waals surface area contributed by atoms with E-state index in [9.17, 15) is 9.59 Å². The van der Waals surface area contributed by atoms with Crippen LogP contribution < -0.4 is 5.32 Å². The van der Waals surface area contributed by atoms with Gasteiger partial charge in [0.1, 0.15) is 12.6 Å². The fraction of sp³-hybridized carbons (Fsp3) is 0.300. The van der Waals surface area contributed by atoms with E-state index in [-0.39, 0.29) is 18.4 Å². The van der Waals surface area contributed by atoms with Crippen molar-refractivity contribution in [3.63, 3.8) is 0 Å². The van der Waals surface area contributed by atoms with Crippen LogP contribution in [0.2, 0.25) is 0 Å². The second kappa shape index (κ2) is 8.87. The van der Waals surface area contributed by atoms with Crippen LogP contribution in [0.25, 0.3) is 0 Å². The van der Waals surface area contributed by atoms with Gasteiger partial charge in [0.25, 0.3) is 0 Å². The Morgan fingerprint density at radius 3 is 2.00 bits per heavy atom. The number of benzene rings is 2. The molecule has 2 aromatic carbocycles. The molecular weight excluding hydrogens is 302 g/mol. The van der Waals surface area contributed by atoms with Gasteiger partial charge in [-0.2, -0.15) is 0 Å². The van der Waals surface area contributed by atoms with Gasteiger partial charge < -0.3 is 10.1 Å². The highest BCUT2D eigenvalue weighted by atomic mass is 16.5. The molecule has 0 spiro atoms. The van der Waals surface area contributed by atoms with Gasteiger partial charge >= 0.3 is 5.97 Å². The molecule has 2 aromatic rings. The quantitative estimate of drug-likeness (QED) is 0.796. The normalized spacial score (nSPS) is 11.8. The van der Waals surface area contributed by atoms with Gasteiger partial charge in [-0.3, -0.25) is 4.79 Å². The number of hydrogen-bond donors (Lipinski definition) is 1. The number of nitrogens with one attached hydrogen (secondary N) is 1. The van der Waals surface area contributed by atoms with Crippen LogP contribution in [0.1, 0.15) is 25.0 Å². The zero-order valence-corrected chi connectivity index (χ0v) is 14.1. The molecule has 0 fully saturated rings. The monoisotopic (exact) mass is 325 g/mol. The van der Waals surface area contributed by atoms with Crippen LogP contribution in [-0.4, -0.2) is 17.9 Å². The van der Waals surface area contributed by atoms with Gasteiger partial charge in [0.2, 0.25) is 5.91 Å². The van der Waals surface area contributed by atoms with E-state index in [4.69, 9.17) is 4.74 Å². The van der Waals surface area contributed by atoms with E-state index < -0.39 is 12.0 Å². The molecule has 0 heterocycles. The molecule has 0 aliphatic rings. The zero-order chi connectivity index (χ0) is 17.4. The lowest BCUT2D eigenvalue weighted by Crippen LogP contribution is -2.44. The average Bonchev–Trinajstić information content (AvgIpc) is 2.60. The second-order valence-corrected chi connectivity index (χ2v) is 6.00. The maximum Gasteiger partial charge on any atom is 0.329 e. The number of esters is 1. The molecule has 0 unspecified atom stereocenters. The third kappa shape index (κ3) is 5.54. The lowest BCUT2D eigenvalue weighted by molar-refractivity contribution is -0.149. The number of carbonyl (C=O) groups excluding carboxylic acids is 2. The molecule has 4 nitrogen and oxygen atoms in total. The smallest absolute Gasteiger partial charge is 0.329 e. The molecule has 4 heteroatoms. The van der Waals surface area contributed by atoms with Crippen molar-refractivity contribution in [2.24, 2.45) is 5.92 Å². The third-order valence-corrected chi connectivity index (χ3v) is 3.63. The first-order chi connectivity index (χ1) is 11.6. The van der Waals surface area contributed by atoms with Crippen LogP contribution in [0.4, 0.5) is 0 Å². The lowest BCUT2D eigenvalue weighted by atomic mass is 10.0. The van der Waals surface area contributed by atoms with Crippen LogP contribution in [0.5, 0.6) is 0 Å². The summed E-state index contributed by atoms with van der Waals surface area (Å²) in [5.41, 5.74) is 1.89. The minimum Gasteiger partial charge on any atom is -0.459 e. The minimum atomic E-state index is -0.689. The first kappa shape index (κ1) is 17.7. The highest BCUT2D eigenvalue weighted by Gasteiger charge is 2.23. The Bertz CT molecular complexity index is 653. The van der Waals surface area contributed by atoms with Gasteiger partial charge in [0, 0.05) is 12.3 Å². The molecule has 0 saturated carbocycles. The highest BCUT2D eigenvalue weighted by molar-refractivity contribution is 5.85. The summed E-state index contributed by atoms with van der Waals surface area (Å²) < 4.78 is 5.39. The largest absolute Gasteiger partial charge is 0.459 e. The number of hydrogen-bond acceptors (Lipinski definition) is 3. The van der Waals surface area contributed by atoms with Crippen LogP contribution in [-0.2, 0) is 27.4 Å². The van der Waals surface area contributed by atoms with Gasteiger partial charge in [-0.15, -0.1) is 0 Å². The van der Waals surface area contributed by atoms with E-state index in [1.54, 1.807) is 13.8 Å². The van der Waals surface area contributed by atoms with Gasteiger partial charge in [0.15, 0.2) is 0 Å². The fourth-order valence-electron chi connectivity index (χ4n) is 2.21. The molecule has 0 aliphatic heterocycles. The molecule has 1 amide bonds. The Morgan fingerprint density at radius 1 is 0.917 bits per heavy atom. The molecule has 0 bridgehead atoms. The summed E-state index contributed by atoms with van der Waals surface area (Å²) in [7, 11) is 0. The van der Waals surface area contributed by atoms with Gasteiger partial charge in [-0.05, 0) is 11.1 Å². The summed E-state index contributed by atoms with van der Waals surface area (Å²) in [5.74, 6) is -0.769. The van der Waals surface area contributed by atoms with Crippen LogP contribution in [0.3, 0.4) is 0 Å². The van der Waals surface area contributed by atoms with E-state index in [0.717, 1.165) is 11.1 Å². The molecule has 0 saturated heterocycles. The van der Waals surface area contributed by atoms with Crippen LogP contribution in [0, 0.1) is 5.92 Å². The standard InChI is InChI=1S/C20H23NO3/c1-15(2)19(22)21-18(13-16-9-5-3-6-10-16)20(23)24-14-17-11-7-4-8-12-17/h3-12,15,18H,13-14H2,1-2H3,(H,21,22)/t18-/m1/s1. The van der Waals surface area contributed by atoms with Crippen LogP contribution >= 0.6 is 0 Å². The van der Waals surface area contributed by atoms with Crippen LogP contribution in [0.15, 0.2) is 60.7 Å². The maximum absolute atomic E-state index is 12.4. The molecule has 1 atom stereocenters. The van der Waals surface area contributed by atoms with Crippen molar-refractivity contribution in [2.75, 3.05) is 0 Å². The average molecular weight is 325 g/mol. The summed E-state index contributed by atoms with van der Waals surface area (Å²) in [6, 6.07) is 18.4. The van der Waals surface area contributed by atoms with Crippen molar-refractivity contribution < 1.29 is 14.3 Å². The number of ether oxygens (including phenoxy) is 1. The maximum atomic E-state index is 12.4. The Labute approximate surface area is 142 Å². The lowest BCUT2D eigenvalue weighted by Gasteiger charge is -2.19.